The van der Waals surface area contributed by atoms with Gasteiger partial charge in [0.05, 0.1) is 5.92 Å². The minimum atomic E-state index is -0.293. The van der Waals surface area contributed by atoms with Gasteiger partial charge in [-0.05, 0) is 42.3 Å². The Morgan fingerprint density at radius 2 is 1.74 bits per heavy atom. The SMILES string of the molecule is CCCC(C=O)c1c(-c2ccc(CC)cc2)c2cc(C)ccc2c(=O)n1C. The maximum Gasteiger partial charge on any atom is 0.258 e. The summed E-state index contributed by atoms with van der Waals surface area (Å²) in [6.45, 7) is 6.23. The average Bonchev–Trinajstić information content (AvgIpc) is 2.69. The summed E-state index contributed by atoms with van der Waals surface area (Å²) in [5.74, 6) is -0.293. The number of carbonyl (C=O) groups is 1. The van der Waals surface area contributed by atoms with Crippen LogP contribution in [0.15, 0.2) is 47.3 Å². The molecule has 27 heavy (non-hydrogen) atoms. The summed E-state index contributed by atoms with van der Waals surface area (Å²) in [6, 6.07) is 14.4. The minimum absolute atomic E-state index is 0.0446. The van der Waals surface area contributed by atoms with Gasteiger partial charge >= 0.3 is 0 Å². The largest absolute Gasteiger partial charge is 0.314 e. The molecular weight excluding hydrogens is 334 g/mol. The normalized spacial score (nSPS) is 12.3. The van der Waals surface area contributed by atoms with Gasteiger partial charge in [0.2, 0.25) is 0 Å². The third kappa shape index (κ3) is 3.46. The maximum absolute atomic E-state index is 13.0. The Hall–Kier alpha value is -2.68. The second-order valence-corrected chi connectivity index (χ2v) is 7.26. The number of hydrogen-bond donors (Lipinski definition) is 0. The number of nitrogens with zero attached hydrogens (tertiary/aromatic N) is 1. The Kier molecular flexibility index (Phi) is 5.59. The lowest BCUT2D eigenvalue weighted by Crippen LogP contribution is -2.24. The molecule has 0 aliphatic carbocycles. The van der Waals surface area contributed by atoms with Crippen LogP contribution >= 0.6 is 0 Å². The molecule has 1 heterocycles. The quantitative estimate of drug-likeness (QED) is 0.569. The highest BCUT2D eigenvalue weighted by atomic mass is 16.1. The number of aromatic nitrogens is 1. The van der Waals surface area contributed by atoms with Crippen LogP contribution in [-0.4, -0.2) is 10.9 Å². The van der Waals surface area contributed by atoms with Crippen LogP contribution < -0.4 is 5.56 Å². The van der Waals surface area contributed by atoms with Crippen LogP contribution in [0.4, 0.5) is 0 Å². The average molecular weight is 361 g/mol. The van der Waals surface area contributed by atoms with E-state index in [0.717, 1.165) is 53.3 Å². The summed E-state index contributed by atoms with van der Waals surface area (Å²) in [5, 5.41) is 1.63. The molecule has 1 unspecified atom stereocenters. The summed E-state index contributed by atoms with van der Waals surface area (Å²) in [5.41, 5.74) is 5.20. The van der Waals surface area contributed by atoms with E-state index in [1.807, 2.05) is 19.1 Å². The van der Waals surface area contributed by atoms with Gasteiger partial charge in [-0.15, -0.1) is 0 Å². The zero-order valence-electron chi connectivity index (χ0n) is 16.6. The highest BCUT2D eigenvalue weighted by Crippen LogP contribution is 2.36. The Balaban J connectivity index is 2.45. The van der Waals surface area contributed by atoms with E-state index in [-0.39, 0.29) is 11.5 Å². The van der Waals surface area contributed by atoms with Crippen molar-refractivity contribution in [3.8, 4) is 11.1 Å². The lowest BCUT2D eigenvalue weighted by atomic mass is 9.88. The molecule has 0 aliphatic heterocycles. The van der Waals surface area contributed by atoms with Crippen molar-refractivity contribution in [2.24, 2.45) is 7.05 Å². The van der Waals surface area contributed by atoms with Crippen LogP contribution in [0.25, 0.3) is 21.9 Å². The predicted molar refractivity (Wildman–Crippen MR) is 112 cm³/mol. The first kappa shape index (κ1) is 19.1. The van der Waals surface area contributed by atoms with E-state index in [9.17, 15) is 9.59 Å². The van der Waals surface area contributed by atoms with E-state index in [2.05, 4.69) is 44.2 Å². The first-order valence-electron chi connectivity index (χ1n) is 9.69. The molecule has 0 radical (unpaired) electrons. The van der Waals surface area contributed by atoms with Crippen molar-refractivity contribution >= 4 is 17.1 Å². The molecule has 0 N–H and O–H groups in total. The summed E-state index contributed by atoms with van der Waals surface area (Å²) in [4.78, 5) is 24.9. The lowest BCUT2D eigenvalue weighted by Gasteiger charge is -2.22. The molecule has 140 valence electrons. The minimum Gasteiger partial charge on any atom is -0.314 e. The van der Waals surface area contributed by atoms with Gasteiger partial charge in [-0.25, -0.2) is 0 Å². The molecular formula is C24H27NO2. The van der Waals surface area contributed by atoms with Crippen LogP contribution in [0, 0.1) is 6.92 Å². The number of pyridine rings is 1. The number of carbonyl (C=O) groups excluding carboxylic acids is 1. The summed E-state index contributed by atoms with van der Waals surface area (Å²) in [6.07, 6.45) is 3.59. The van der Waals surface area contributed by atoms with Crippen LogP contribution in [0.3, 0.4) is 0 Å². The van der Waals surface area contributed by atoms with Crippen molar-refractivity contribution < 1.29 is 4.79 Å². The number of benzene rings is 2. The summed E-state index contributed by atoms with van der Waals surface area (Å²) in [7, 11) is 1.78. The van der Waals surface area contributed by atoms with Gasteiger partial charge in [0.25, 0.3) is 5.56 Å². The number of rotatable bonds is 6. The molecule has 1 atom stereocenters. The number of aldehydes is 1. The molecule has 1 aromatic heterocycles. The number of aryl methyl sites for hydroxylation is 2. The van der Waals surface area contributed by atoms with Crippen molar-refractivity contribution in [1.82, 2.24) is 4.57 Å². The maximum atomic E-state index is 13.0. The third-order valence-electron chi connectivity index (χ3n) is 5.36. The van der Waals surface area contributed by atoms with Crippen molar-refractivity contribution in [1.29, 1.82) is 0 Å². The molecule has 0 bridgehead atoms. The molecule has 0 fully saturated rings. The monoisotopic (exact) mass is 361 g/mol. The van der Waals surface area contributed by atoms with E-state index >= 15 is 0 Å². The van der Waals surface area contributed by atoms with Crippen LogP contribution in [0.5, 0.6) is 0 Å². The van der Waals surface area contributed by atoms with E-state index in [1.165, 1.54) is 5.56 Å². The molecule has 0 saturated heterocycles. The fourth-order valence-corrected chi connectivity index (χ4v) is 3.87. The first-order valence-corrected chi connectivity index (χ1v) is 9.69. The van der Waals surface area contributed by atoms with E-state index in [1.54, 1.807) is 11.6 Å². The highest BCUT2D eigenvalue weighted by molar-refractivity contribution is 5.98. The fourth-order valence-electron chi connectivity index (χ4n) is 3.87. The molecule has 2 aromatic carbocycles. The molecule has 3 heteroatoms. The van der Waals surface area contributed by atoms with Gasteiger partial charge < -0.3 is 9.36 Å². The standard InChI is InChI=1S/C24H27NO2/c1-5-7-19(15-26)23-22(18-11-9-17(6-2)10-12-18)21-14-16(3)8-13-20(21)24(27)25(23)4/h8-15,19H,5-7H2,1-4H3. The third-order valence-corrected chi connectivity index (χ3v) is 5.36. The van der Waals surface area contributed by atoms with E-state index in [4.69, 9.17) is 0 Å². The smallest absolute Gasteiger partial charge is 0.258 e. The summed E-state index contributed by atoms with van der Waals surface area (Å²) >= 11 is 0. The molecule has 3 rings (SSSR count). The molecule has 0 spiro atoms. The summed E-state index contributed by atoms with van der Waals surface area (Å²) < 4.78 is 1.68. The van der Waals surface area contributed by atoms with Crippen molar-refractivity contribution in [3.05, 3.63) is 69.6 Å². The molecule has 3 aromatic rings. The van der Waals surface area contributed by atoms with Crippen LogP contribution in [0.1, 0.15) is 49.4 Å². The van der Waals surface area contributed by atoms with Gasteiger partial charge in [0.1, 0.15) is 6.29 Å². The Bertz CT molecular complexity index is 1030. The van der Waals surface area contributed by atoms with E-state index in [0.29, 0.717) is 5.39 Å². The topological polar surface area (TPSA) is 39.1 Å². The van der Waals surface area contributed by atoms with Crippen LogP contribution in [0.2, 0.25) is 0 Å². The van der Waals surface area contributed by atoms with Gasteiger partial charge in [-0.1, -0.05) is 62.2 Å². The van der Waals surface area contributed by atoms with Gasteiger partial charge in [0, 0.05) is 23.7 Å². The molecule has 0 aliphatic rings. The lowest BCUT2D eigenvalue weighted by molar-refractivity contribution is -0.109. The molecule has 0 amide bonds. The van der Waals surface area contributed by atoms with Gasteiger partial charge in [0.15, 0.2) is 0 Å². The second-order valence-electron chi connectivity index (χ2n) is 7.26. The van der Waals surface area contributed by atoms with Crippen molar-refractivity contribution in [2.75, 3.05) is 0 Å². The van der Waals surface area contributed by atoms with E-state index < -0.39 is 0 Å². The molecule has 3 nitrogen and oxygen atoms in total. The van der Waals surface area contributed by atoms with Crippen LogP contribution in [-0.2, 0) is 18.3 Å². The number of hydrogen-bond acceptors (Lipinski definition) is 2. The van der Waals surface area contributed by atoms with Crippen molar-refractivity contribution in [3.63, 3.8) is 0 Å². The van der Waals surface area contributed by atoms with Crippen molar-refractivity contribution in [2.45, 2.75) is 46.0 Å². The Labute approximate surface area is 160 Å². The highest BCUT2D eigenvalue weighted by Gasteiger charge is 2.22. The number of fused-ring (bicyclic) bond motifs is 1. The zero-order valence-corrected chi connectivity index (χ0v) is 16.6. The Morgan fingerprint density at radius 1 is 1.04 bits per heavy atom. The zero-order chi connectivity index (χ0) is 19.6. The van der Waals surface area contributed by atoms with Gasteiger partial charge in [-0.2, -0.15) is 0 Å². The second kappa shape index (κ2) is 7.91. The Morgan fingerprint density at radius 3 is 2.33 bits per heavy atom. The predicted octanol–water partition coefficient (Wildman–Crippen LogP) is 5.16. The van der Waals surface area contributed by atoms with Gasteiger partial charge in [-0.3, -0.25) is 4.79 Å². The first-order chi connectivity index (χ1) is 13.0. The fraction of sp³-hybridized carbons (Fsp3) is 0.333. The molecule has 0 saturated carbocycles.